The molecule has 2 N–H and O–H groups in total. The lowest BCUT2D eigenvalue weighted by atomic mass is 10.2. The monoisotopic (exact) mass is 482 g/mol. The molecule has 0 aliphatic carbocycles. The van der Waals surface area contributed by atoms with E-state index in [1.165, 1.54) is 30.3 Å². The summed E-state index contributed by atoms with van der Waals surface area (Å²) in [5.41, 5.74) is 2.51. The molecule has 0 radical (unpaired) electrons. The van der Waals surface area contributed by atoms with Crippen LogP contribution >= 0.6 is 0 Å². The van der Waals surface area contributed by atoms with Crippen molar-refractivity contribution < 1.29 is 22.7 Å². The Hall–Kier alpha value is -3.92. The number of nitrogens with zero attached hydrogens (tertiary/aromatic N) is 2. The van der Waals surface area contributed by atoms with E-state index in [-0.39, 0.29) is 16.8 Å². The van der Waals surface area contributed by atoms with Crippen molar-refractivity contribution in [1.29, 1.82) is 0 Å². The molecule has 9 nitrogen and oxygen atoms in total. The maximum atomic E-state index is 12.6. The SMILES string of the molecule is CCOc1ccc(/C=C/C(=O)Nc2ccc(S(=O)(=O)Nc3nc(C)cc(C)n3)cc2)cc1OC. The number of hydrogen-bond donors (Lipinski definition) is 2. The van der Waals surface area contributed by atoms with Crippen LogP contribution in [0.5, 0.6) is 11.5 Å². The van der Waals surface area contributed by atoms with Crippen LogP contribution in [0.1, 0.15) is 23.9 Å². The number of benzene rings is 2. The number of rotatable bonds is 9. The van der Waals surface area contributed by atoms with Crippen molar-refractivity contribution in [2.45, 2.75) is 25.7 Å². The number of nitrogens with one attached hydrogen (secondary N) is 2. The fourth-order valence-electron chi connectivity index (χ4n) is 3.09. The smallest absolute Gasteiger partial charge is 0.264 e. The summed E-state index contributed by atoms with van der Waals surface area (Å²) in [5.74, 6) is 0.831. The molecule has 1 aromatic heterocycles. The molecule has 2 aromatic carbocycles. The molecule has 10 heteroatoms. The molecule has 0 saturated heterocycles. The van der Waals surface area contributed by atoms with Gasteiger partial charge in [0.15, 0.2) is 11.5 Å². The maximum Gasteiger partial charge on any atom is 0.264 e. The third-order valence-electron chi connectivity index (χ3n) is 4.55. The number of ether oxygens (including phenoxy) is 2. The quantitative estimate of drug-likeness (QED) is 0.443. The van der Waals surface area contributed by atoms with E-state index in [1.54, 1.807) is 45.2 Å². The molecule has 0 saturated carbocycles. The molecular weight excluding hydrogens is 456 g/mol. The highest BCUT2D eigenvalue weighted by atomic mass is 32.2. The molecule has 34 heavy (non-hydrogen) atoms. The van der Waals surface area contributed by atoms with Gasteiger partial charge in [-0.1, -0.05) is 6.07 Å². The zero-order valence-electron chi connectivity index (χ0n) is 19.3. The first kappa shape index (κ1) is 24.7. The van der Waals surface area contributed by atoms with Gasteiger partial charge in [0, 0.05) is 23.2 Å². The first-order valence-corrected chi connectivity index (χ1v) is 11.9. The van der Waals surface area contributed by atoms with Crippen molar-refractivity contribution in [1.82, 2.24) is 9.97 Å². The number of aromatic nitrogens is 2. The summed E-state index contributed by atoms with van der Waals surface area (Å²) in [6, 6.07) is 12.9. The van der Waals surface area contributed by atoms with Crippen LogP contribution in [0.15, 0.2) is 59.5 Å². The van der Waals surface area contributed by atoms with Gasteiger partial charge < -0.3 is 14.8 Å². The van der Waals surface area contributed by atoms with Crippen LogP contribution < -0.4 is 19.5 Å². The number of methoxy groups -OCH3 is 1. The molecule has 0 atom stereocenters. The van der Waals surface area contributed by atoms with Crippen LogP contribution in [-0.2, 0) is 14.8 Å². The van der Waals surface area contributed by atoms with Gasteiger partial charge in [-0.15, -0.1) is 0 Å². The van der Waals surface area contributed by atoms with Crippen molar-refractivity contribution in [2.24, 2.45) is 0 Å². The number of carbonyl (C=O) groups excluding carboxylic acids is 1. The second-order valence-electron chi connectivity index (χ2n) is 7.27. The first-order chi connectivity index (χ1) is 16.2. The molecule has 1 heterocycles. The third kappa shape index (κ3) is 6.55. The predicted molar refractivity (Wildman–Crippen MR) is 131 cm³/mol. The molecule has 0 aliphatic rings. The Morgan fingerprint density at radius 1 is 1.00 bits per heavy atom. The molecule has 1 amide bonds. The average Bonchev–Trinajstić information content (AvgIpc) is 2.78. The van der Waals surface area contributed by atoms with Gasteiger partial charge in [0.25, 0.3) is 10.0 Å². The number of sulfonamides is 1. The van der Waals surface area contributed by atoms with Gasteiger partial charge in [0.2, 0.25) is 11.9 Å². The zero-order chi connectivity index (χ0) is 24.7. The fraction of sp³-hybridized carbons (Fsp3) is 0.208. The van der Waals surface area contributed by atoms with Gasteiger partial charge in [0.1, 0.15) is 0 Å². The summed E-state index contributed by atoms with van der Waals surface area (Å²) in [4.78, 5) is 20.5. The fourth-order valence-corrected chi connectivity index (χ4v) is 4.03. The lowest BCUT2D eigenvalue weighted by molar-refractivity contribution is -0.111. The highest BCUT2D eigenvalue weighted by Gasteiger charge is 2.16. The van der Waals surface area contributed by atoms with E-state index in [2.05, 4.69) is 20.0 Å². The lowest BCUT2D eigenvalue weighted by Gasteiger charge is -2.09. The van der Waals surface area contributed by atoms with Crippen LogP contribution in [0, 0.1) is 13.8 Å². The van der Waals surface area contributed by atoms with Crippen LogP contribution in [0.4, 0.5) is 11.6 Å². The minimum Gasteiger partial charge on any atom is -0.493 e. The minimum absolute atomic E-state index is 0.00550. The van der Waals surface area contributed by atoms with Gasteiger partial charge in [-0.25, -0.2) is 23.1 Å². The van der Waals surface area contributed by atoms with Crippen LogP contribution in [0.3, 0.4) is 0 Å². The summed E-state index contributed by atoms with van der Waals surface area (Å²) in [6.07, 6.45) is 3.01. The number of aryl methyl sites for hydroxylation is 2. The van der Waals surface area contributed by atoms with Crippen molar-refractivity contribution in [3.8, 4) is 11.5 Å². The summed E-state index contributed by atoms with van der Waals surface area (Å²) >= 11 is 0. The highest BCUT2D eigenvalue weighted by Crippen LogP contribution is 2.28. The Bertz CT molecular complexity index is 1290. The van der Waals surface area contributed by atoms with Gasteiger partial charge >= 0.3 is 0 Å². The van der Waals surface area contributed by atoms with Crippen LogP contribution in [0.2, 0.25) is 0 Å². The molecule has 0 aliphatic heterocycles. The Kier molecular flexibility index (Phi) is 7.85. The van der Waals surface area contributed by atoms with E-state index in [4.69, 9.17) is 9.47 Å². The maximum absolute atomic E-state index is 12.6. The molecule has 3 aromatic rings. The molecule has 178 valence electrons. The topological polar surface area (TPSA) is 120 Å². The van der Waals surface area contributed by atoms with E-state index in [0.717, 1.165) is 5.56 Å². The van der Waals surface area contributed by atoms with E-state index < -0.39 is 10.0 Å². The normalized spacial score (nSPS) is 11.3. The average molecular weight is 483 g/mol. The molecule has 3 rings (SSSR count). The van der Waals surface area contributed by atoms with E-state index in [1.807, 2.05) is 13.0 Å². The standard InChI is InChI=1S/C24H26N4O5S/c1-5-33-21-12-6-18(15-22(21)32-4)7-13-23(29)27-19-8-10-20(11-9-19)34(30,31)28-24-25-16(2)14-17(3)26-24/h6-15H,5H2,1-4H3,(H,27,29)(H,25,26,28)/b13-7+. The van der Waals surface area contributed by atoms with Gasteiger partial charge in [-0.05, 0) is 74.9 Å². The Morgan fingerprint density at radius 3 is 2.29 bits per heavy atom. The molecule has 0 unspecified atom stereocenters. The van der Waals surface area contributed by atoms with Crippen molar-refractivity contribution in [3.63, 3.8) is 0 Å². The molecular formula is C24H26N4O5S. The zero-order valence-corrected chi connectivity index (χ0v) is 20.1. The van der Waals surface area contributed by atoms with Crippen LogP contribution in [0.25, 0.3) is 6.08 Å². The molecule has 0 fully saturated rings. The van der Waals surface area contributed by atoms with E-state index in [0.29, 0.717) is 35.2 Å². The molecule has 0 spiro atoms. The summed E-state index contributed by atoms with van der Waals surface area (Å²) in [7, 11) is -2.33. The van der Waals surface area contributed by atoms with Crippen molar-refractivity contribution in [3.05, 3.63) is 71.6 Å². The van der Waals surface area contributed by atoms with Crippen molar-refractivity contribution >= 4 is 33.6 Å². The summed E-state index contributed by atoms with van der Waals surface area (Å²) in [6.45, 7) is 5.91. The van der Waals surface area contributed by atoms with Gasteiger partial charge in [-0.3, -0.25) is 4.79 Å². The lowest BCUT2D eigenvalue weighted by Crippen LogP contribution is -2.16. The Balaban J connectivity index is 1.65. The minimum atomic E-state index is -3.88. The predicted octanol–water partition coefficient (Wildman–Crippen LogP) is 3.95. The summed E-state index contributed by atoms with van der Waals surface area (Å²) < 4.78 is 38.4. The van der Waals surface area contributed by atoms with Gasteiger partial charge in [0.05, 0.1) is 18.6 Å². The number of hydrogen-bond acceptors (Lipinski definition) is 7. The largest absolute Gasteiger partial charge is 0.493 e. The Morgan fingerprint density at radius 2 is 1.68 bits per heavy atom. The third-order valence-corrected chi connectivity index (χ3v) is 5.90. The van der Waals surface area contributed by atoms with E-state index in [9.17, 15) is 13.2 Å². The number of anilines is 2. The second-order valence-corrected chi connectivity index (χ2v) is 8.95. The van der Waals surface area contributed by atoms with Crippen LogP contribution in [-0.4, -0.2) is 38.0 Å². The van der Waals surface area contributed by atoms with E-state index >= 15 is 0 Å². The Labute approximate surface area is 198 Å². The van der Waals surface area contributed by atoms with Gasteiger partial charge in [-0.2, -0.15) is 0 Å². The van der Waals surface area contributed by atoms with Crippen molar-refractivity contribution in [2.75, 3.05) is 23.8 Å². The molecule has 0 bridgehead atoms. The highest BCUT2D eigenvalue weighted by molar-refractivity contribution is 7.92. The number of carbonyl (C=O) groups is 1. The summed E-state index contributed by atoms with van der Waals surface area (Å²) in [5, 5.41) is 2.69. The second kappa shape index (κ2) is 10.8. The first-order valence-electron chi connectivity index (χ1n) is 10.4. The number of amides is 1.